The quantitative estimate of drug-likeness (QED) is 0.756. The van der Waals surface area contributed by atoms with Gasteiger partial charge in [-0.25, -0.2) is 4.39 Å². The lowest BCUT2D eigenvalue weighted by atomic mass is 9.98. The van der Waals surface area contributed by atoms with E-state index in [0.717, 1.165) is 37.9 Å². The molecule has 0 atom stereocenters. The molecule has 1 aliphatic rings. The molecular formula is C17H26FNO. The highest BCUT2D eigenvalue weighted by molar-refractivity contribution is 5.24. The molecule has 0 spiro atoms. The third-order valence-corrected chi connectivity index (χ3v) is 3.89. The standard InChI is InChI=1S/C17H26FNO/c1-2-10-19-12-14-8-9-17(18)15(11-14)13-20-16-6-4-3-5-7-16/h8-9,11,16,19H,2-7,10,12-13H2,1H3. The van der Waals surface area contributed by atoms with Gasteiger partial charge in [-0.2, -0.15) is 0 Å². The van der Waals surface area contributed by atoms with E-state index in [-0.39, 0.29) is 5.82 Å². The molecule has 0 aliphatic heterocycles. The zero-order valence-electron chi connectivity index (χ0n) is 12.5. The van der Waals surface area contributed by atoms with Gasteiger partial charge in [0.15, 0.2) is 0 Å². The Morgan fingerprint density at radius 2 is 2.05 bits per heavy atom. The predicted octanol–water partition coefficient (Wildman–Crippen LogP) is 4.17. The Morgan fingerprint density at radius 3 is 2.80 bits per heavy atom. The first-order valence-corrected chi connectivity index (χ1v) is 7.89. The minimum Gasteiger partial charge on any atom is -0.373 e. The smallest absolute Gasteiger partial charge is 0.128 e. The van der Waals surface area contributed by atoms with Crippen LogP contribution in [0.3, 0.4) is 0 Å². The van der Waals surface area contributed by atoms with E-state index in [1.807, 2.05) is 12.1 Å². The Balaban J connectivity index is 1.86. The van der Waals surface area contributed by atoms with Crippen LogP contribution in [0, 0.1) is 5.82 Å². The maximum atomic E-state index is 13.8. The Labute approximate surface area is 121 Å². The van der Waals surface area contributed by atoms with Crippen LogP contribution in [0.1, 0.15) is 56.6 Å². The van der Waals surface area contributed by atoms with E-state index >= 15 is 0 Å². The number of benzene rings is 1. The summed E-state index contributed by atoms with van der Waals surface area (Å²) in [5.41, 5.74) is 1.81. The van der Waals surface area contributed by atoms with E-state index < -0.39 is 0 Å². The van der Waals surface area contributed by atoms with Gasteiger partial charge >= 0.3 is 0 Å². The molecule has 20 heavy (non-hydrogen) atoms. The predicted molar refractivity (Wildman–Crippen MR) is 80.1 cm³/mol. The molecule has 112 valence electrons. The summed E-state index contributed by atoms with van der Waals surface area (Å²) in [6, 6.07) is 5.34. The van der Waals surface area contributed by atoms with E-state index in [0.29, 0.717) is 18.3 Å². The summed E-state index contributed by atoms with van der Waals surface area (Å²) in [7, 11) is 0. The monoisotopic (exact) mass is 279 g/mol. The van der Waals surface area contributed by atoms with Crippen molar-refractivity contribution in [3.8, 4) is 0 Å². The molecule has 1 aromatic carbocycles. The lowest BCUT2D eigenvalue weighted by Crippen LogP contribution is -2.17. The van der Waals surface area contributed by atoms with Crippen molar-refractivity contribution in [2.75, 3.05) is 6.54 Å². The fourth-order valence-corrected chi connectivity index (χ4v) is 2.70. The van der Waals surface area contributed by atoms with Gasteiger partial charge in [-0.05, 0) is 43.5 Å². The minimum atomic E-state index is -0.153. The molecule has 0 radical (unpaired) electrons. The molecule has 0 saturated heterocycles. The van der Waals surface area contributed by atoms with Crippen molar-refractivity contribution in [3.05, 3.63) is 35.1 Å². The van der Waals surface area contributed by atoms with E-state index in [1.54, 1.807) is 6.07 Å². The summed E-state index contributed by atoms with van der Waals surface area (Å²) < 4.78 is 19.7. The molecule has 1 N–H and O–H groups in total. The van der Waals surface area contributed by atoms with Gasteiger partial charge in [0, 0.05) is 12.1 Å². The van der Waals surface area contributed by atoms with Gasteiger partial charge in [-0.15, -0.1) is 0 Å². The highest BCUT2D eigenvalue weighted by Gasteiger charge is 2.14. The Kier molecular flexibility index (Phi) is 6.48. The van der Waals surface area contributed by atoms with E-state index in [2.05, 4.69) is 12.2 Å². The number of rotatable bonds is 7. The molecule has 0 unspecified atom stereocenters. The van der Waals surface area contributed by atoms with Crippen LogP contribution in [0.15, 0.2) is 18.2 Å². The lowest BCUT2D eigenvalue weighted by molar-refractivity contribution is 0.0156. The van der Waals surface area contributed by atoms with E-state index in [1.165, 1.54) is 19.3 Å². The van der Waals surface area contributed by atoms with Crippen molar-refractivity contribution >= 4 is 0 Å². The summed E-state index contributed by atoms with van der Waals surface area (Å²) in [6.45, 7) is 4.33. The maximum absolute atomic E-state index is 13.8. The van der Waals surface area contributed by atoms with Gasteiger partial charge in [-0.3, -0.25) is 0 Å². The summed E-state index contributed by atoms with van der Waals surface area (Å²) in [5, 5.41) is 3.34. The van der Waals surface area contributed by atoms with Gasteiger partial charge < -0.3 is 10.1 Å². The third kappa shape index (κ3) is 4.88. The minimum absolute atomic E-state index is 0.153. The molecular weight excluding hydrogens is 253 g/mol. The van der Waals surface area contributed by atoms with Gasteiger partial charge in [0.2, 0.25) is 0 Å². The maximum Gasteiger partial charge on any atom is 0.128 e. The Hall–Kier alpha value is -0.930. The highest BCUT2D eigenvalue weighted by Crippen LogP contribution is 2.22. The molecule has 1 fully saturated rings. The number of halogens is 1. The number of hydrogen-bond donors (Lipinski definition) is 1. The van der Waals surface area contributed by atoms with E-state index in [4.69, 9.17) is 4.74 Å². The average molecular weight is 279 g/mol. The number of nitrogens with one attached hydrogen (secondary N) is 1. The first-order valence-electron chi connectivity index (χ1n) is 7.89. The zero-order valence-corrected chi connectivity index (χ0v) is 12.5. The normalized spacial score (nSPS) is 16.5. The van der Waals surface area contributed by atoms with Crippen LogP contribution < -0.4 is 5.32 Å². The SMILES string of the molecule is CCCNCc1ccc(F)c(COC2CCCCC2)c1. The van der Waals surface area contributed by atoms with Gasteiger partial charge in [0.1, 0.15) is 5.82 Å². The van der Waals surface area contributed by atoms with Gasteiger partial charge in [0.25, 0.3) is 0 Å². The number of hydrogen-bond acceptors (Lipinski definition) is 2. The molecule has 0 heterocycles. The second-order valence-corrected chi connectivity index (χ2v) is 5.67. The molecule has 1 aromatic rings. The molecule has 1 saturated carbocycles. The van der Waals surface area contributed by atoms with Crippen LogP contribution >= 0.6 is 0 Å². The second kappa shape index (κ2) is 8.38. The van der Waals surface area contributed by atoms with Crippen molar-refractivity contribution in [1.29, 1.82) is 0 Å². The fourth-order valence-electron chi connectivity index (χ4n) is 2.70. The molecule has 3 heteroatoms. The first kappa shape index (κ1) is 15.5. The van der Waals surface area contributed by atoms with Crippen molar-refractivity contribution in [1.82, 2.24) is 5.32 Å². The fraction of sp³-hybridized carbons (Fsp3) is 0.647. The van der Waals surface area contributed by atoms with Gasteiger partial charge in [-0.1, -0.05) is 32.3 Å². The van der Waals surface area contributed by atoms with Crippen molar-refractivity contribution < 1.29 is 9.13 Å². The average Bonchev–Trinajstić information content (AvgIpc) is 2.49. The molecule has 0 amide bonds. The van der Waals surface area contributed by atoms with Crippen LogP contribution in [-0.4, -0.2) is 12.6 Å². The largest absolute Gasteiger partial charge is 0.373 e. The van der Waals surface area contributed by atoms with Crippen molar-refractivity contribution in [2.45, 2.75) is 64.7 Å². The first-order chi connectivity index (χ1) is 9.79. The van der Waals surface area contributed by atoms with E-state index in [9.17, 15) is 4.39 Å². The Bertz CT molecular complexity index is 402. The summed E-state index contributed by atoms with van der Waals surface area (Å²) in [6.07, 6.45) is 7.48. The molecule has 2 rings (SSSR count). The van der Waals surface area contributed by atoms with Gasteiger partial charge in [0.05, 0.1) is 12.7 Å². The van der Waals surface area contributed by atoms with Crippen LogP contribution in [0.5, 0.6) is 0 Å². The zero-order chi connectivity index (χ0) is 14.2. The van der Waals surface area contributed by atoms with Crippen LogP contribution in [-0.2, 0) is 17.9 Å². The topological polar surface area (TPSA) is 21.3 Å². The van der Waals surface area contributed by atoms with Crippen LogP contribution in [0.25, 0.3) is 0 Å². The molecule has 2 nitrogen and oxygen atoms in total. The van der Waals surface area contributed by atoms with Crippen LogP contribution in [0.4, 0.5) is 4.39 Å². The number of ether oxygens (including phenoxy) is 1. The molecule has 0 bridgehead atoms. The van der Waals surface area contributed by atoms with Crippen molar-refractivity contribution in [2.24, 2.45) is 0 Å². The lowest BCUT2D eigenvalue weighted by Gasteiger charge is -2.22. The van der Waals surface area contributed by atoms with Crippen LogP contribution in [0.2, 0.25) is 0 Å². The van der Waals surface area contributed by atoms with Crippen molar-refractivity contribution in [3.63, 3.8) is 0 Å². The molecule has 0 aromatic heterocycles. The molecule has 1 aliphatic carbocycles. The Morgan fingerprint density at radius 1 is 1.25 bits per heavy atom. The summed E-state index contributed by atoms with van der Waals surface area (Å²) >= 11 is 0. The summed E-state index contributed by atoms with van der Waals surface area (Å²) in [5.74, 6) is -0.153. The second-order valence-electron chi connectivity index (χ2n) is 5.67. The summed E-state index contributed by atoms with van der Waals surface area (Å²) in [4.78, 5) is 0. The third-order valence-electron chi connectivity index (χ3n) is 3.89. The highest BCUT2D eigenvalue weighted by atomic mass is 19.1.